The molecule has 0 unspecified atom stereocenters. The van der Waals surface area contributed by atoms with Gasteiger partial charge in [-0.25, -0.2) is 8.78 Å². The standard InChI is InChI=1S/C27H31F2NO4S2/c1-24-5-3-17(31)8-20(24)21(28)9-19-18-7-16-12-30(11-15-4-6-36-14-15)34-27(16,23(33)13-35)25(18,2)10-22(32)26(19,24)29/h3-6,8,14,16,18-19,21-22,32,35H,7,9-13H2,1-2H3/t16-,18-,19-,21-,22-,24-,25-,26-,27-/m0/s1. The van der Waals surface area contributed by atoms with Crippen molar-refractivity contribution in [3.63, 3.8) is 0 Å². The van der Waals surface area contributed by atoms with Gasteiger partial charge in [0.2, 0.25) is 0 Å². The number of hydroxylamine groups is 2. The zero-order valence-electron chi connectivity index (χ0n) is 20.3. The second-order valence-electron chi connectivity index (χ2n) is 11.7. The molecule has 0 radical (unpaired) electrons. The lowest BCUT2D eigenvalue weighted by Crippen LogP contribution is -2.70. The average molecular weight is 536 g/mol. The molecule has 9 heteroatoms. The number of allylic oxidation sites excluding steroid dienone is 4. The van der Waals surface area contributed by atoms with Gasteiger partial charge >= 0.3 is 0 Å². The SMILES string of the molecule is C[C@]12C=CC(=O)C=C1[C@@H](F)C[C@H]1[C@@H]3C[C@H]4CN(Cc5ccsc5)O[C@@]4(C(=O)CS)[C@@]3(C)C[C@H](O)[C@@]12F. The molecule has 1 saturated heterocycles. The number of Topliss-reactive ketones (excluding diaryl/α,β-unsaturated/α-hetero) is 1. The first kappa shape index (κ1) is 24.9. The maximum absolute atomic E-state index is 17.4. The molecule has 4 fully saturated rings. The summed E-state index contributed by atoms with van der Waals surface area (Å²) in [4.78, 5) is 32.2. The molecule has 2 heterocycles. The first-order valence-electron chi connectivity index (χ1n) is 12.6. The number of alkyl halides is 2. The highest BCUT2D eigenvalue weighted by Gasteiger charge is 2.79. The third-order valence-corrected chi connectivity index (χ3v) is 11.2. The molecule has 5 aliphatic rings. The van der Waals surface area contributed by atoms with Crippen LogP contribution >= 0.6 is 24.0 Å². The lowest BCUT2D eigenvalue weighted by Gasteiger charge is -2.63. The molecule has 3 saturated carbocycles. The number of halogens is 2. The van der Waals surface area contributed by atoms with E-state index < -0.39 is 40.3 Å². The second-order valence-corrected chi connectivity index (χ2v) is 12.8. The molecule has 0 aromatic carbocycles. The van der Waals surface area contributed by atoms with Crippen LogP contribution in [0.25, 0.3) is 0 Å². The molecule has 1 aliphatic heterocycles. The number of aliphatic hydroxyl groups is 1. The van der Waals surface area contributed by atoms with Crippen molar-refractivity contribution in [1.82, 2.24) is 5.06 Å². The van der Waals surface area contributed by atoms with Gasteiger partial charge in [0.1, 0.15) is 6.17 Å². The summed E-state index contributed by atoms with van der Waals surface area (Å²) in [6, 6.07) is 2.01. The van der Waals surface area contributed by atoms with Crippen LogP contribution in [0.3, 0.4) is 0 Å². The molecule has 0 bridgehead atoms. The van der Waals surface area contributed by atoms with E-state index in [9.17, 15) is 14.7 Å². The fourth-order valence-electron chi connectivity index (χ4n) is 8.62. The molecule has 9 atom stereocenters. The Bertz CT molecular complexity index is 1170. The summed E-state index contributed by atoms with van der Waals surface area (Å²) < 4.78 is 33.0. The Balaban J connectivity index is 1.42. The Morgan fingerprint density at radius 2 is 2.11 bits per heavy atom. The second kappa shape index (κ2) is 8.06. The summed E-state index contributed by atoms with van der Waals surface area (Å²) in [5.74, 6) is -1.99. The summed E-state index contributed by atoms with van der Waals surface area (Å²) in [5.41, 5.74) is -4.56. The van der Waals surface area contributed by atoms with Crippen molar-refractivity contribution >= 4 is 35.5 Å². The Hall–Kier alpha value is -1.39. The van der Waals surface area contributed by atoms with Gasteiger partial charge in [-0.15, -0.1) is 0 Å². The Kier molecular flexibility index (Phi) is 5.58. The predicted molar refractivity (Wildman–Crippen MR) is 135 cm³/mol. The van der Waals surface area contributed by atoms with Gasteiger partial charge in [-0.2, -0.15) is 29.0 Å². The van der Waals surface area contributed by atoms with E-state index in [1.54, 1.807) is 18.3 Å². The predicted octanol–water partition coefficient (Wildman–Crippen LogP) is 4.28. The number of rotatable bonds is 4. The quantitative estimate of drug-likeness (QED) is 0.564. The van der Waals surface area contributed by atoms with Crippen molar-refractivity contribution in [1.29, 1.82) is 0 Å². The molecule has 36 heavy (non-hydrogen) atoms. The van der Waals surface area contributed by atoms with Crippen molar-refractivity contribution in [3.05, 3.63) is 46.2 Å². The maximum atomic E-state index is 17.4. The van der Waals surface area contributed by atoms with E-state index >= 15 is 8.78 Å². The van der Waals surface area contributed by atoms with E-state index in [0.717, 1.165) is 5.56 Å². The number of thiophene rings is 1. The van der Waals surface area contributed by atoms with Crippen molar-refractivity contribution in [3.8, 4) is 0 Å². The molecule has 1 N–H and O–H groups in total. The van der Waals surface area contributed by atoms with Crippen LogP contribution in [-0.4, -0.2) is 57.6 Å². The largest absolute Gasteiger partial charge is 0.390 e. The highest BCUT2D eigenvalue weighted by Crippen LogP contribution is 2.72. The van der Waals surface area contributed by atoms with Gasteiger partial charge in [-0.05, 0) is 72.2 Å². The molecule has 6 rings (SSSR count). The van der Waals surface area contributed by atoms with Crippen molar-refractivity contribution in [2.45, 2.75) is 63.2 Å². The van der Waals surface area contributed by atoms with Gasteiger partial charge in [0, 0.05) is 35.8 Å². The van der Waals surface area contributed by atoms with Gasteiger partial charge in [0.05, 0.1) is 11.9 Å². The van der Waals surface area contributed by atoms with Crippen LogP contribution < -0.4 is 0 Å². The van der Waals surface area contributed by atoms with E-state index in [-0.39, 0.29) is 47.6 Å². The van der Waals surface area contributed by atoms with Gasteiger partial charge in [0.15, 0.2) is 22.8 Å². The number of fused-ring (bicyclic) bond motifs is 7. The van der Waals surface area contributed by atoms with Crippen LogP contribution in [0, 0.1) is 28.6 Å². The summed E-state index contributed by atoms with van der Waals surface area (Å²) in [5, 5.41) is 17.4. The van der Waals surface area contributed by atoms with Gasteiger partial charge < -0.3 is 5.11 Å². The fraction of sp³-hybridized carbons (Fsp3) is 0.630. The van der Waals surface area contributed by atoms with E-state index in [0.29, 0.717) is 19.5 Å². The van der Waals surface area contributed by atoms with E-state index in [2.05, 4.69) is 12.6 Å². The minimum absolute atomic E-state index is 0.00852. The third kappa shape index (κ3) is 2.92. The normalized spacial score (nSPS) is 47.7. The number of thiol groups is 1. The lowest BCUT2D eigenvalue weighted by atomic mass is 9.44. The van der Waals surface area contributed by atoms with E-state index in [1.165, 1.54) is 18.2 Å². The molecule has 0 spiro atoms. The Morgan fingerprint density at radius 3 is 2.81 bits per heavy atom. The molecule has 5 nitrogen and oxygen atoms in total. The Labute approximate surface area is 218 Å². The first-order chi connectivity index (χ1) is 17.0. The maximum Gasteiger partial charge on any atom is 0.178 e. The molecule has 1 aromatic heterocycles. The Morgan fingerprint density at radius 1 is 1.33 bits per heavy atom. The third-order valence-electron chi connectivity index (χ3n) is 10.2. The van der Waals surface area contributed by atoms with Crippen LogP contribution in [0.15, 0.2) is 40.6 Å². The van der Waals surface area contributed by atoms with Crippen LogP contribution in [0.5, 0.6) is 0 Å². The van der Waals surface area contributed by atoms with E-state index in [4.69, 9.17) is 4.84 Å². The molecular formula is C27H31F2NO4S2. The molecule has 194 valence electrons. The van der Waals surface area contributed by atoms with Crippen LogP contribution in [-0.2, 0) is 21.0 Å². The minimum atomic E-state index is -2.16. The summed E-state index contributed by atoms with van der Waals surface area (Å²) >= 11 is 5.91. The van der Waals surface area contributed by atoms with Crippen molar-refractivity contribution < 1.29 is 28.3 Å². The number of nitrogens with zero attached hydrogens (tertiary/aromatic N) is 1. The first-order valence-corrected chi connectivity index (χ1v) is 14.1. The summed E-state index contributed by atoms with van der Waals surface area (Å²) in [6.45, 7) is 4.53. The highest BCUT2D eigenvalue weighted by molar-refractivity contribution is 7.81. The van der Waals surface area contributed by atoms with Gasteiger partial charge in [0.25, 0.3) is 0 Å². The lowest BCUT2D eigenvalue weighted by molar-refractivity contribution is -0.268. The number of carbonyl (C=O) groups excluding carboxylic acids is 2. The van der Waals surface area contributed by atoms with Gasteiger partial charge in [-0.3, -0.25) is 14.4 Å². The summed E-state index contributed by atoms with van der Waals surface area (Å²) in [7, 11) is 0. The number of ketones is 2. The van der Waals surface area contributed by atoms with Crippen LogP contribution in [0.4, 0.5) is 8.78 Å². The van der Waals surface area contributed by atoms with Crippen molar-refractivity contribution in [2.75, 3.05) is 12.3 Å². The number of hydrogen-bond acceptors (Lipinski definition) is 7. The molecule has 4 aliphatic carbocycles. The smallest absolute Gasteiger partial charge is 0.178 e. The zero-order valence-corrected chi connectivity index (χ0v) is 22.0. The van der Waals surface area contributed by atoms with E-state index in [1.807, 2.05) is 28.8 Å². The molecule has 0 amide bonds. The summed E-state index contributed by atoms with van der Waals surface area (Å²) in [6.07, 6.45) is 1.34. The zero-order chi connectivity index (χ0) is 25.7. The van der Waals surface area contributed by atoms with Crippen LogP contribution in [0.2, 0.25) is 0 Å². The molecule has 1 aromatic rings. The van der Waals surface area contributed by atoms with Crippen LogP contribution in [0.1, 0.15) is 38.7 Å². The van der Waals surface area contributed by atoms with Crippen molar-refractivity contribution in [2.24, 2.45) is 28.6 Å². The monoisotopic (exact) mass is 535 g/mol. The number of hydrogen-bond donors (Lipinski definition) is 2. The van der Waals surface area contributed by atoms with Gasteiger partial charge in [-0.1, -0.05) is 13.0 Å². The minimum Gasteiger partial charge on any atom is -0.390 e. The fourth-order valence-corrected chi connectivity index (χ4v) is 9.51. The number of aliphatic hydroxyl groups excluding tert-OH is 1. The number of carbonyl (C=O) groups is 2. The topological polar surface area (TPSA) is 66.8 Å². The highest BCUT2D eigenvalue weighted by atomic mass is 32.1. The molecular weight excluding hydrogens is 504 g/mol. The average Bonchev–Trinajstić information content (AvgIpc) is 3.53.